The highest BCUT2D eigenvalue weighted by atomic mass is 16.1. The first-order chi connectivity index (χ1) is 8.22. The highest BCUT2D eigenvalue weighted by Gasteiger charge is 2.09. The second kappa shape index (κ2) is 4.74. The molecule has 0 atom stereocenters. The van der Waals surface area contributed by atoms with E-state index in [0.717, 1.165) is 11.8 Å². The summed E-state index contributed by atoms with van der Waals surface area (Å²) in [7, 11) is 3.70. The van der Waals surface area contributed by atoms with E-state index in [1.807, 2.05) is 44.4 Å². The second-order valence-electron chi connectivity index (χ2n) is 3.85. The van der Waals surface area contributed by atoms with Crippen LogP contribution in [-0.4, -0.2) is 30.3 Å². The molecule has 0 aliphatic rings. The van der Waals surface area contributed by atoms with Crippen LogP contribution in [-0.2, 0) is 0 Å². The Hall–Kier alpha value is -2.23. The minimum atomic E-state index is 0.495. The Morgan fingerprint density at radius 3 is 2.47 bits per heavy atom. The van der Waals surface area contributed by atoms with Gasteiger partial charge in [0, 0.05) is 25.9 Å². The molecule has 4 heteroatoms. The van der Waals surface area contributed by atoms with Crippen LogP contribution in [0.25, 0.3) is 11.4 Å². The van der Waals surface area contributed by atoms with Gasteiger partial charge >= 0.3 is 0 Å². The lowest BCUT2D eigenvalue weighted by atomic mass is 10.2. The molecule has 2 rings (SSSR count). The van der Waals surface area contributed by atoms with Crippen molar-refractivity contribution in [1.29, 1.82) is 0 Å². The molecule has 0 saturated carbocycles. The van der Waals surface area contributed by atoms with Crippen molar-refractivity contribution in [2.24, 2.45) is 0 Å². The predicted octanol–water partition coefficient (Wildman–Crippen LogP) is 2.02. The van der Waals surface area contributed by atoms with E-state index >= 15 is 0 Å². The smallest absolute Gasteiger partial charge is 0.161 e. The number of hydrogen-bond donors (Lipinski definition) is 0. The van der Waals surface area contributed by atoms with E-state index in [4.69, 9.17) is 0 Å². The third-order valence-corrected chi connectivity index (χ3v) is 2.38. The van der Waals surface area contributed by atoms with E-state index in [0.29, 0.717) is 17.2 Å². The summed E-state index contributed by atoms with van der Waals surface area (Å²) in [5, 5.41) is 0. The molecule has 0 bridgehead atoms. The monoisotopic (exact) mass is 227 g/mol. The van der Waals surface area contributed by atoms with Gasteiger partial charge in [-0.1, -0.05) is 30.3 Å². The fourth-order valence-electron chi connectivity index (χ4n) is 1.55. The number of aldehydes is 1. The van der Waals surface area contributed by atoms with Gasteiger partial charge < -0.3 is 4.90 Å². The minimum Gasteiger partial charge on any atom is -0.362 e. The molecule has 17 heavy (non-hydrogen) atoms. The number of anilines is 1. The number of hydrogen-bond acceptors (Lipinski definition) is 4. The number of carbonyl (C=O) groups is 1. The van der Waals surface area contributed by atoms with Crippen LogP contribution in [0.3, 0.4) is 0 Å². The van der Waals surface area contributed by atoms with Gasteiger partial charge in [0.1, 0.15) is 5.82 Å². The van der Waals surface area contributed by atoms with Crippen LogP contribution in [0.4, 0.5) is 5.82 Å². The molecular weight excluding hydrogens is 214 g/mol. The molecule has 2 aromatic rings. The van der Waals surface area contributed by atoms with Crippen molar-refractivity contribution in [1.82, 2.24) is 9.97 Å². The summed E-state index contributed by atoms with van der Waals surface area (Å²) in [6, 6.07) is 9.68. The number of nitrogens with zero attached hydrogens (tertiary/aromatic N) is 3. The van der Waals surface area contributed by atoms with Crippen LogP contribution in [0.1, 0.15) is 10.4 Å². The maximum absolute atomic E-state index is 10.9. The van der Waals surface area contributed by atoms with Gasteiger partial charge in [-0.25, -0.2) is 9.97 Å². The lowest BCUT2D eigenvalue weighted by Gasteiger charge is -2.14. The summed E-state index contributed by atoms with van der Waals surface area (Å²) in [4.78, 5) is 21.3. The molecule has 0 aliphatic carbocycles. The molecule has 1 heterocycles. The Labute approximate surface area is 99.9 Å². The van der Waals surface area contributed by atoms with Gasteiger partial charge in [-0.3, -0.25) is 4.79 Å². The molecule has 0 aliphatic heterocycles. The molecule has 0 amide bonds. The van der Waals surface area contributed by atoms with Crippen molar-refractivity contribution in [3.8, 4) is 11.4 Å². The van der Waals surface area contributed by atoms with Crippen LogP contribution in [0, 0.1) is 0 Å². The fraction of sp³-hybridized carbons (Fsp3) is 0.154. The van der Waals surface area contributed by atoms with Crippen molar-refractivity contribution in [2.45, 2.75) is 0 Å². The van der Waals surface area contributed by atoms with Gasteiger partial charge in [0.2, 0.25) is 0 Å². The molecule has 0 unspecified atom stereocenters. The summed E-state index contributed by atoms with van der Waals surface area (Å²) in [6.07, 6.45) is 2.32. The highest BCUT2D eigenvalue weighted by Crippen LogP contribution is 2.19. The summed E-state index contributed by atoms with van der Waals surface area (Å²) in [5.41, 5.74) is 1.43. The summed E-state index contributed by atoms with van der Waals surface area (Å²) < 4.78 is 0. The molecule has 0 fully saturated rings. The molecule has 1 aromatic heterocycles. The summed E-state index contributed by atoms with van der Waals surface area (Å²) in [6.45, 7) is 0. The van der Waals surface area contributed by atoms with Crippen LogP contribution in [0.2, 0.25) is 0 Å². The van der Waals surface area contributed by atoms with Gasteiger partial charge in [-0.05, 0) is 0 Å². The maximum atomic E-state index is 10.9. The summed E-state index contributed by atoms with van der Waals surface area (Å²) >= 11 is 0. The Kier molecular flexibility index (Phi) is 3.14. The van der Waals surface area contributed by atoms with Gasteiger partial charge in [-0.2, -0.15) is 0 Å². The first-order valence-corrected chi connectivity index (χ1v) is 5.27. The minimum absolute atomic E-state index is 0.495. The molecule has 4 nitrogen and oxygen atoms in total. The molecule has 0 N–H and O–H groups in total. The van der Waals surface area contributed by atoms with E-state index in [-0.39, 0.29) is 0 Å². The van der Waals surface area contributed by atoms with Crippen LogP contribution < -0.4 is 4.90 Å². The number of aromatic nitrogens is 2. The van der Waals surface area contributed by atoms with Crippen molar-refractivity contribution in [2.75, 3.05) is 19.0 Å². The van der Waals surface area contributed by atoms with Crippen LogP contribution >= 0.6 is 0 Å². The normalized spacial score (nSPS) is 10.0. The second-order valence-corrected chi connectivity index (χ2v) is 3.85. The lowest BCUT2D eigenvalue weighted by Crippen LogP contribution is -2.14. The van der Waals surface area contributed by atoms with E-state index in [1.54, 1.807) is 11.1 Å². The molecule has 1 aromatic carbocycles. The number of benzene rings is 1. The quantitative estimate of drug-likeness (QED) is 0.752. The maximum Gasteiger partial charge on any atom is 0.161 e. The number of rotatable bonds is 3. The van der Waals surface area contributed by atoms with Crippen LogP contribution in [0.15, 0.2) is 36.5 Å². The average molecular weight is 227 g/mol. The Bertz CT molecular complexity index is 523. The van der Waals surface area contributed by atoms with E-state index in [2.05, 4.69) is 9.97 Å². The number of carbonyl (C=O) groups excluding carboxylic acids is 1. The molecule has 86 valence electrons. The SMILES string of the molecule is CN(C)c1nc(-c2ccccc2)ncc1C=O. The molecule has 0 spiro atoms. The van der Waals surface area contributed by atoms with Crippen molar-refractivity contribution in [3.05, 3.63) is 42.1 Å². The topological polar surface area (TPSA) is 46.1 Å². The molecule has 0 saturated heterocycles. The molecule has 0 radical (unpaired) electrons. The largest absolute Gasteiger partial charge is 0.362 e. The van der Waals surface area contributed by atoms with Gasteiger partial charge in [0.25, 0.3) is 0 Å². The first kappa shape index (κ1) is 11.3. The van der Waals surface area contributed by atoms with Gasteiger partial charge in [-0.15, -0.1) is 0 Å². The van der Waals surface area contributed by atoms with E-state index in [9.17, 15) is 4.79 Å². The van der Waals surface area contributed by atoms with Crippen molar-refractivity contribution >= 4 is 12.1 Å². The zero-order valence-electron chi connectivity index (χ0n) is 9.79. The van der Waals surface area contributed by atoms with Crippen molar-refractivity contribution in [3.63, 3.8) is 0 Å². The van der Waals surface area contributed by atoms with Gasteiger partial charge in [0.05, 0.1) is 5.56 Å². The van der Waals surface area contributed by atoms with E-state index in [1.165, 1.54) is 0 Å². The first-order valence-electron chi connectivity index (χ1n) is 5.27. The van der Waals surface area contributed by atoms with E-state index < -0.39 is 0 Å². The third-order valence-electron chi connectivity index (χ3n) is 2.38. The fourth-order valence-corrected chi connectivity index (χ4v) is 1.55. The standard InChI is InChI=1S/C13H13N3O/c1-16(2)13-11(9-17)8-14-12(15-13)10-6-4-3-5-7-10/h3-9H,1-2H3. The Morgan fingerprint density at radius 2 is 1.88 bits per heavy atom. The zero-order chi connectivity index (χ0) is 12.3. The highest BCUT2D eigenvalue weighted by molar-refractivity contribution is 5.82. The lowest BCUT2D eigenvalue weighted by molar-refractivity contribution is 0.112. The van der Waals surface area contributed by atoms with Crippen LogP contribution in [0.5, 0.6) is 0 Å². The average Bonchev–Trinajstić information content (AvgIpc) is 2.39. The van der Waals surface area contributed by atoms with Gasteiger partial charge in [0.15, 0.2) is 12.1 Å². The zero-order valence-corrected chi connectivity index (χ0v) is 9.79. The predicted molar refractivity (Wildman–Crippen MR) is 67.2 cm³/mol. The Balaban J connectivity index is 2.51. The molecular formula is C13H13N3O. The van der Waals surface area contributed by atoms with Crippen molar-refractivity contribution < 1.29 is 4.79 Å². The summed E-state index contributed by atoms with van der Waals surface area (Å²) in [5.74, 6) is 1.26. The Morgan fingerprint density at radius 1 is 1.18 bits per heavy atom. The third kappa shape index (κ3) is 2.30.